The Balaban J connectivity index is 1.66. The van der Waals surface area contributed by atoms with Crippen molar-refractivity contribution in [2.24, 2.45) is 0 Å². The highest BCUT2D eigenvalue weighted by molar-refractivity contribution is 7.89. The summed E-state index contributed by atoms with van der Waals surface area (Å²) in [6, 6.07) is 14.1. The van der Waals surface area contributed by atoms with E-state index in [2.05, 4.69) is 11.4 Å². The van der Waals surface area contributed by atoms with Gasteiger partial charge in [-0.25, -0.2) is 8.42 Å². The normalized spacial score (nSPS) is 16.8. The summed E-state index contributed by atoms with van der Waals surface area (Å²) in [5.41, 5.74) is 2.83. The number of benzene rings is 2. The summed E-state index contributed by atoms with van der Waals surface area (Å²) in [7, 11) is -1.99. The van der Waals surface area contributed by atoms with Crippen LogP contribution >= 0.6 is 0 Å². The molecule has 1 aliphatic rings. The Hall–Kier alpha value is -2.22. The van der Waals surface area contributed by atoms with Gasteiger partial charge in [-0.3, -0.25) is 4.79 Å². The van der Waals surface area contributed by atoms with Crippen molar-refractivity contribution in [3.05, 3.63) is 59.7 Å². The van der Waals surface area contributed by atoms with Gasteiger partial charge in [0.05, 0.1) is 24.0 Å². The average molecular weight is 403 g/mol. The predicted octanol–water partition coefficient (Wildman–Crippen LogP) is 3.36. The van der Waals surface area contributed by atoms with Crippen molar-refractivity contribution in [1.29, 1.82) is 0 Å². The zero-order valence-electron chi connectivity index (χ0n) is 16.4. The lowest BCUT2D eigenvalue weighted by Crippen LogP contribution is -2.33. The van der Waals surface area contributed by atoms with Crippen LogP contribution in [0.2, 0.25) is 0 Å². The van der Waals surface area contributed by atoms with Crippen molar-refractivity contribution in [3.63, 3.8) is 0 Å². The van der Waals surface area contributed by atoms with Crippen LogP contribution in [-0.2, 0) is 26.0 Å². The Morgan fingerprint density at radius 1 is 1.18 bits per heavy atom. The molecule has 150 valence electrons. The standard InChI is InChI=1S/C21H26N2O4S/c1-15(2)23(3)28(25,26)18-10-8-17(9-11-18)22-21(24)14-20-19-7-5-4-6-16(19)12-13-27-20/h4-11,15,20H,12-14H2,1-3H3,(H,22,24). The molecular weight excluding hydrogens is 376 g/mol. The van der Waals surface area contributed by atoms with E-state index in [4.69, 9.17) is 4.74 Å². The summed E-state index contributed by atoms with van der Waals surface area (Å²) in [5, 5.41) is 2.82. The first-order chi connectivity index (χ1) is 13.3. The number of hydrogen-bond acceptors (Lipinski definition) is 4. The highest BCUT2D eigenvalue weighted by Crippen LogP contribution is 2.30. The van der Waals surface area contributed by atoms with Gasteiger partial charge in [-0.05, 0) is 55.7 Å². The molecule has 0 fully saturated rings. The van der Waals surface area contributed by atoms with E-state index < -0.39 is 10.0 Å². The van der Waals surface area contributed by atoms with Gasteiger partial charge in [0.15, 0.2) is 0 Å². The third kappa shape index (κ3) is 4.43. The fourth-order valence-electron chi connectivity index (χ4n) is 3.18. The number of nitrogens with one attached hydrogen (secondary N) is 1. The maximum atomic E-state index is 12.5. The molecule has 1 aliphatic heterocycles. The lowest BCUT2D eigenvalue weighted by Gasteiger charge is -2.25. The zero-order valence-corrected chi connectivity index (χ0v) is 17.2. The third-order valence-electron chi connectivity index (χ3n) is 5.01. The summed E-state index contributed by atoms with van der Waals surface area (Å²) in [5.74, 6) is -0.170. The second-order valence-corrected chi connectivity index (χ2v) is 9.20. The first-order valence-electron chi connectivity index (χ1n) is 9.36. The minimum Gasteiger partial charge on any atom is -0.373 e. The lowest BCUT2D eigenvalue weighted by molar-refractivity contribution is -0.119. The van der Waals surface area contributed by atoms with Gasteiger partial charge in [0.1, 0.15) is 0 Å². The van der Waals surface area contributed by atoms with Crippen LogP contribution in [0.3, 0.4) is 0 Å². The third-order valence-corrected chi connectivity index (χ3v) is 7.05. The fraction of sp³-hybridized carbons (Fsp3) is 0.381. The highest BCUT2D eigenvalue weighted by Gasteiger charge is 2.24. The van der Waals surface area contributed by atoms with Gasteiger partial charge in [0.2, 0.25) is 15.9 Å². The number of sulfonamides is 1. The molecule has 1 amide bonds. The lowest BCUT2D eigenvalue weighted by atomic mass is 9.95. The van der Waals surface area contributed by atoms with Crippen LogP contribution in [0.25, 0.3) is 0 Å². The van der Waals surface area contributed by atoms with E-state index in [0.717, 1.165) is 12.0 Å². The molecule has 6 nitrogen and oxygen atoms in total. The average Bonchev–Trinajstić information content (AvgIpc) is 2.68. The number of anilines is 1. The van der Waals surface area contributed by atoms with Crippen molar-refractivity contribution in [2.45, 2.75) is 43.7 Å². The Morgan fingerprint density at radius 2 is 1.86 bits per heavy atom. The molecule has 0 spiro atoms. The van der Waals surface area contributed by atoms with Crippen LogP contribution in [0.15, 0.2) is 53.4 Å². The zero-order chi connectivity index (χ0) is 20.3. The van der Waals surface area contributed by atoms with E-state index in [0.29, 0.717) is 12.3 Å². The number of rotatable bonds is 6. The van der Waals surface area contributed by atoms with E-state index >= 15 is 0 Å². The molecular formula is C21H26N2O4S. The van der Waals surface area contributed by atoms with E-state index in [1.54, 1.807) is 19.2 Å². The van der Waals surface area contributed by atoms with E-state index in [-0.39, 0.29) is 29.4 Å². The van der Waals surface area contributed by atoms with Crippen molar-refractivity contribution in [2.75, 3.05) is 19.0 Å². The van der Waals surface area contributed by atoms with Crippen LogP contribution in [0.1, 0.15) is 37.5 Å². The second-order valence-electron chi connectivity index (χ2n) is 7.20. The SMILES string of the molecule is CC(C)N(C)S(=O)(=O)c1ccc(NC(=O)CC2OCCc3ccccc32)cc1. The maximum absolute atomic E-state index is 12.5. The number of fused-ring (bicyclic) bond motifs is 1. The minimum atomic E-state index is -3.54. The predicted molar refractivity (Wildman–Crippen MR) is 109 cm³/mol. The van der Waals surface area contributed by atoms with Crippen molar-refractivity contribution >= 4 is 21.6 Å². The van der Waals surface area contributed by atoms with Crippen LogP contribution in [0.5, 0.6) is 0 Å². The Morgan fingerprint density at radius 3 is 2.54 bits per heavy atom. The van der Waals surface area contributed by atoms with Crippen molar-refractivity contribution < 1.29 is 17.9 Å². The van der Waals surface area contributed by atoms with Crippen molar-refractivity contribution in [1.82, 2.24) is 4.31 Å². The number of hydrogen-bond donors (Lipinski definition) is 1. The van der Waals surface area contributed by atoms with Gasteiger partial charge < -0.3 is 10.1 Å². The molecule has 0 saturated heterocycles. The molecule has 1 unspecified atom stereocenters. The molecule has 28 heavy (non-hydrogen) atoms. The molecule has 2 aromatic carbocycles. The maximum Gasteiger partial charge on any atom is 0.243 e. The van der Waals surface area contributed by atoms with Gasteiger partial charge in [-0.2, -0.15) is 4.31 Å². The largest absolute Gasteiger partial charge is 0.373 e. The van der Waals surface area contributed by atoms with E-state index in [1.165, 1.54) is 22.0 Å². The summed E-state index contributed by atoms with van der Waals surface area (Å²) < 4.78 is 32.1. The molecule has 0 saturated carbocycles. The van der Waals surface area contributed by atoms with Crippen molar-refractivity contribution in [3.8, 4) is 0 Å². The molecule has 1 atom stereocenters. The first-order valence-corrected chi connectivity index (χ1v) is 10.8. The van der Waals surface area contributed by atoms with Crippen LogP contribution in [0.4, 0.5) is 5.69 Å². The van der Waals surface area contributed by atoms with Crippen LogP contribution in [-0.4, -0.2) is 38.3 Å². The Bertz CT molecular complexity index is 939. The topological polar surface area (TPSA) is 75.7 Å². The van der Waals surface area contributed by atoms with E-state index in [1.807, 2.05) is 32.0 Å². The monoisotopic (exact) mass is 402 g/mol. The molecule has 0 aliphatic carbocycles. The number of nitrogens with zero attached hydrogens (tertiary/aromatic N) is 1. The van der Waals surface area contributed by atoms with E-state index in [9.17, 15) is 13.2 Å². The number of carbonyl (C=O) groups excluding carboxylic acids is 1. The van der Waals surface area contributed by atoms with Crippen LogP contribution in [0, 0.1) is 0 Å². The summed E-state index contributed by atoms with van der Waals surface area (Å²) >= 11 is 0. The molecule has 0 radical (unpaired) electrons. The van der Waals surface area contributed by atoms with Gasteiger partial charge >= 0.3 is 0 Å². The number of amides is 1. The van der Waals surface area contributed by atoms with Gasteiger partial charge in [0.25, 0.3) is 0 Å². The Kier molecular flexibility index (Phi) is 6.17. The smallest absolute Gasteiger partial charge is 0.243 e. The van der Waals surface area contributed by atoms with Crippen LogP contribution < -0.4 is 5.32 Å². The quantitative estimate of drug-likeness (QED) is 0.804. The van der Waals surface area contributed by atoms with Gasteiger partial charge in [-0.15, -0.1) is 0 Å². The molecule has 0 bridgehead atoms. The molecule has 0 aromatic heterocycles. The summed E-state index contributed by atoms with van der Waals surface area (Å²) in [4.78, 5) is 12.7. The molecule has 3 rings (SSSR count). The molecule has 2 aromatic rings. The summed E-state index contributed by atoms with van der Waals surface area (Å²) in [6.07, 6.45) is 0.812. The summed E-state index contributed by atoms with van der Waals surface area (Å²) in [6.45, 7) is 4.24. The Labute approximate surface area is 166 Å². The molecule has 1 heterocycles. The molecule has 7 heteroatoms. The number of carbonyl (C=O) groups is 1. The molecule has 1 N–H and O–H groups in total. The number of ether oxygens (including phenoxy) is 1. The highest BCUT2D eigenvalue weighted by atomic mass is 32.2. The van der Waals surface area contributed by atoms with Gasteiger partial charge in [0, 0.05) is 18.8 Å². The minimum absolute atomic E-state index is 0.136. The fourth-order valence-corrected chi connectivity index (χ4v) is 4.55. The first kappa shape index (κ1) is 20.5. The van der Waals surface area contributed by atoms with Gasteiger partial charge in [-0.1, -0.05) is 24.3 Å². The second kappa shape index (κ2) is 8.43.